The number of anilines is 1. The van der Waals surface area contributed by atoms with Gasteiger partial charge in [0.05, 0.1) is 10.9 Å². The topological polar surface area (TPSA) is 64.9 Å². The smallest absolute Gasteiger partial charge is 0.270 e. The van der Waals surface area contributed by atoms with Crippen molar-refractivity contribution in [2.24, 2.45) is 0 Å². The largest absolute Gasteiger partial charge is 0.397 e. The Labute approximate surface area is 111 Å². The fourth-order valence-electron chi connectivity index (χ4n) is 1.59. The summed E-state index contributed by atoms with van der Waals surface area (Å²) in [5.74, 6) is 4.77. The van der Waals surface area contributed by atoms with E-state index in [1.807, 2.05) is 35.0 Å². The lowest BCUT2D eigenvalue weighted by Crippen LogP contribution is -2.07. The number of thioether (sulfide) groups is 2. The highest BCUT2D eigenvalue weighted by Crippen LogP contribution is 2.37. The molecule has 0 amide bonds. The van der Waals surface area contributed by atoms with Crippen LogP contribution in [0.5, 0.6) is 0 Å². The van der Waals surface area contributed by atoms with Gasteiger partial charge in [-0.3, -0.25) is 0 Å². The fourth-order valence-corrected chi connectivity index (χ4v) is 4.92. The van der Waals surface area contributed by atoms with Gasteiger partial charge in [-0.15, -0.1) is 23.1 Å². The van der Waals surface area contributed by atoms with E-state index in [2.05, 4.69) is 10.1 Å². The molecule has 90 valence electrons. The average molecular weight is 285 g/mol. The van der Waals surface area contributed by atoms with Gasteiger partial charge in [0.25, 0.3) is 5.89 Å². The summed E-state index contributed by atoms with van der Waals surface area (Å²) >= 11 is 5.37. The summed E-state index contributed by atoms with van der Waals surface area (Å²) in [6.07, 6.45) is 0. The number of nitrogens with two attached hydrogens (primary N) is 1. The molecule has 1 saturated heterocycles. The zero-order valence-corrected chi connectivity index (χ0v) is 11.4. The summed E-state index contributed by atoms with van der Waals surface area (Å²) in [5.41, 5.74) is 6.54. The number of rotatable bonds is 2. The van der Waals surface area contributed by atoms with Crippen LogP contribution in [-0.4, -0.2) is 27.4 Å². The molecular formula is C10H11N3OS3. The molecule has 3 heterocycles. The lowest BCUT2D eigenvalue weighted by Gasteiger charge is -2.16. The molecule has 2 N–H and O–H groups in total. The molecule has 0 radical (unpaired) electrons. The average Bonchev–Trinajstić information content (AvgIpc) is 2.98. The minimum absolute atomic E-state index is 0.354. The summed E-state index contributed by atoms with van der Waals surface area (Å²) in [6.45, 7) is 0. The van der Waals surface area contributed by atoms with E-state index in [4.69, 9.17) is 10.3 Å². The highest BCUT2D eigenvalue weighted by atomic mass is 32.2. The first-order valence-electron chi connectivity index (χ1n) is 5.21. The number of nitrogen functional groups attached to an aromatic ring is 1. The molecule has 1 unspecified atom stereocenters. The zero-order chi connectivity index (χ0) is 11.7. The second-order valence-corrected chi connectivity index (χ2v) is 6.97. The first-order chi connectivity index (χ1) is 8.34. The molecule has 1 fully saturated rings. The third kappa shape index (κ3) is 2.31. The van der Waals surface area contributed by atoms with Crippen molar-refractivity contribution in [3.63, 3.8) is 0 Å². The first kappa shape index (κ1) is 11.4. The van der Waals surface area contributed by atoms with E-state index in [1.54, 1.807) is 0 Å². The van der Waals surface area contributed by atoms with Crippen molar-refractivity contribution in [2.75, 3.05) is 23.0 Å². The van der Waals surface area contributed by atoms with Crippen molar-refractivity contribution in [2.45, 2.75) is 5.25 Å². The summed E-state index contributed by atoms with van der Waals surface area (Å²) in [6, 6.07) is 1.86. The first-order valence-corrected chi connectivity index (χ1v) is 8.29. The van der Waals surface area contributed by atoms with E-state index in [9.17, 15) is 0 Å². The normalized spacial score (nSPS) is 20.6. The van der Waals surface area contributed by atoms with E-state index >= 15 is 0 Å². The maximum atomic E-state index is 5.83. The third-order valence-electron chi connectivity index (χ3n) is 2.44. The van der Waals surface area contributed by atoms with E-state index in [0.717, 1.165) is 22.2 Å². The van der Waals surface area contributed by atoms with Gasteiger partial charge in [0.1, 0.15) is 4.88 Å². The number of thiophene rings is 1. The number of hydrogen-bond donors (Lipinski definition) is 1. The van der Waals surface area contributed by atoms with Crippen LogP contribution < -0.4 is 5.73 Å². The quantitative estimate of drug-likeness (QED) is 0.915. The molecule has 17 heavy (non-hydrogen) atoms. The molecule has 0 aromatic carbocycles. The molecule has 1 aliphatic heterocycles. The van der Waals surface area contributed by atoms with Crippen molar-refractivity contribution in [1.29, 1.82) is 0 Å². The van der Waals surface area contributed by atoms with Crippen LogP contribution in [0.4, 0.5) is 5.69 Å². The fraction of sp³-hybridized carbons (Fsp3) is 0.400. The van der Waals surface area contributed by atoms with Crippen LogP contribution in [0.2, 0.25) is 0 Å². The molecule has 1 atom stereocenters. The predicted molar refractivity (Wildman–Crippen MR) is 74.5 cm³/mol. The summed E-state index contributed by atoms with van der Waals surface area (Å²) in [4.78, 5) is 5.33. The third-order valence-corrected chi connectivity index (χ3v) is 6.10. The zero-order valence-electron chi connectivity index (χ0n) is 8.96. The van der Waals surface area contributed by atoms with Gasteiger partial charge in [0, 0.05) is 17.3 Å². The SMILES string of the molecule is Nc1ccsc1-c1nc(C2CSCCS2)no1. The summed E-state index contributed by atoms with van der Waals surface area (Å²) in [5, 5.41) is 6.35. The monoisotopic (exact) mass is 285 g/mol. The number of hydrogen-bond acceptors (Lipinski definition) is 7. The Balaban J connectivity index is 1.85. The molecule has 2 aromatic rings. The van der Waals surface area contributed by atoms with Crippen molar-refractivity contribution < 1.29 is 4.52 Å². The summed E-state index contributed by atoms with van der Waals surface area (Å²) < 4.78 is 5.29. The lowest BCUT2D eigenvalue weighted by molar-refractivity contribution is 0.424. The van der Waals surface area contributed by atoms with Gasteiger partial charge in [-0.1, -0.05) is 5.16 Å². The lowest BCUT2D eigenvalue weighted by atomic mass is 10.4. The van der Waals surface area contributed by atoms with Crippen LogP contribution in [0.25, 0.3) is 10.8 Å². The van der Waals surface area contributed by atoms with Gasteiger partial charge < -0.3 is 10.3 Å². The Bertz CT molecular complexity index is 504. The predicted octanol–water partition coefficient (Wildman–Crippen LogP) is 2.90. The van der Waals surface area contributed by atoms with Crippen LogP contribution in [0.3, 0.4) is 0 Å². The molecule has 0 bridgehead atoms. The van der Waals surface area contributed by atoms with Crippen LogP contribution in [0, 0.1) is 0 Å². The van der Waals surface area contributed by atoms with Crippen molar-refractivity contribution in [1.82, 2.24) is 10.1 Å². The molecule has 2 aromatic heterocycles. The molecular weight excluding hydrogens is 274 g/mol. The van der Waals surface area contributed by atoms with E-state index < -0.39 is 0 Å². The second-order valence-electron chi connectivity index (χ2n) is 3.60. The van der Waals surface area contributed by atoms with E-state index in [1.165, 1.54) is 17.1 Å². The van der Waals surface area contributed by atoms with Crippen LogP contribution in [0.15, 0.2) is 16.0 Å². The Kier molecular flexibility index (Phi) is 3.30. The van der Waals surface area contributed by atoms with Gasteiger partial charge in [-0.2, -0.15) is 16.7 Å². The Morgan fingerprint density at radius 1 is 1.41 bits per heavy atom. The van der Waals surface area contributed by atoms with Gasteiger partial charge in [-0.25, -0.2) is 0 Å². The van der Waals surface area contributed by atoms with Gasteiger partial charge in [-0.05, 0) is 11.4 Å². The molecule has 1 aliphatic rings. The molecule has 4 nitrogen and oxygen atoms in total. The molecule has 0 saturated carbocycles. The van der Waals surface area contributed by atoms with Crippen molar-refractivity contribution >= 4 is 40.5 Å². The van der Waals surface area contributed by atoms with E-state index in [0.29, 0.717) is 16.8 Å². The van der Waals surface area contributed by atoms with E-state index in [-0.39, 0.29) is 0 Å². The van der Waals surface area contributed by atoms with Crippen LogP contribution >= 0.6 is 34.9 Å². The Morgan fingerprint density at radius 2 is 2.35 bits per heavy atom. The van der Waals surface area contributed by atoms with Crippen molar-refractivity contribution in [3.8, 4) is 10.8 Å². The standard InChI is InChI=1S/C10H11N3OS3/c11-6-1-2-17-8(6)10-12-9(13-14-10)7-5-15-3-4-16-7/h1-2,7H,3-5,11H2. The number of aromatic nitrogens is 2. The van der Waals surface area contributed by atoms with Crippen LogP contribution in [0.1, 0.15) is 11.1 Å². The molecule has 3 rings (SSSR count). The van der Waals surface area contributed by atoms with Gasteiger partial charge in [0.2, 0.25) is 0 Å². The highest BCUT2D eigenvalue weighted by molar-refractivity contribution is 8.06. The molecule has 0 aliphatic carbocycles. The highest BCUT2D eigenvalue weighted by Gasteiger charge is 2.23. The van der Waals surface area contributed by atoms with Gasteiger partial charge >= 0.3 is 0 Å². The van der Waals surface area contributed by atoms with Crippen LogP contribution in [-0.2, 0) is 0 Å². The van der Waals surface area contributed by atoms with Gasteiger partial charge in [0.15, 0.2) is 5.82 Å². The number of nitrogens with zero attached hydrogens (tertiary/aromatic N) is 2. The van der Waals surface area contributed by atoms with Crippen molar-refractivity contribution in [3.05, 3.63) is 17.3 Å². The maximum Gasteiger partial charge on any atom is 0.270 e. The minimum atomic E-state index is 0.354. The molecule has 7 heteroatoms. The Morgan fingerprint density at radius 3 is 3.06 bits per heavy atom. The minimum Gasteiger partial charge on any atom is -0.397 e. The summed E-state index contributed by atoms with van der Waals surface area (Å²) in [7, 11) is 0. The Hall–Kier alpha value is -0.660. The maximum absolute atomic E-state index is 5.83. The second kappa shape index (κ2) is 4.91. The molecule has 0 spiro atoms.